The Labute approximate surface area is 143 Å². The summed E-state index contributed by atoms with van der Waals surface area (Å²) in [5.41, 5.74) is 1.08. The van der Waals surface area contributed by atoms with Crippen molar-refractivity contribution in [3.05, 3.63) is 18.0 Å². The fraction of sp³-hybridized carbons (Fsp3) is 0.722. The number of carbonyl (C=O) groups excluding carboxylic acids is 1. The first-order chi connectivity index (χ1) is 11.7. The van der Waals surface area contributed by atoms with E-state index in [1.54, 1.807) is 0 Å². The summed E-state index contributed by atoms with van der Waals surface area (Å²) in [6.07, 6.45) is 9.00. The summed E-state index contributed by atoms with van der Waals surface area (Å²) in [6, 6.07) is 0.711. The lowest BCUT2D eigenvalue weighted by Gasteiger charge is -2.40. The Balaban J connectivity index is 1.45. The van der Waals surface area contributed by atoms with Gasteiger partial charge in [-0.3, -0.25) is 4.79 Å². The molecule has 1 aromatic rings. The Bertz CT molecular complexity index is 584. The average molecular weight is 329 g/mol. The molecule has 1 aromatic heterocycles. The summed E-state index contributed by atoms with van der Waals surface area (Å²) in [4.78, 5) is 28.5. The lowest BCUT2D eigenvalue weighted by atomic mass is 9.96. The molecule has 6 nitrogen and oxygen atoms in total. The standard InChI is InChI=1S/C18H27N5O/c1-14-12-19-18(20-13-14)23-9-6-16-15(23)4-5-17(24)22(16)11-10-21-7-2-3-8-21/h12-13,15-16H,2-11H2,1H3/t15-,16-/m1/s1. The van der Waals surface area contributed by atoms with Gasteiger partial charge in [0.25, 0.3) is 0 Å². The number of amides is 1. The number of likely N-dealkylation sites (tertiary alicyclic amines) is 2. The minimum absolute atomic E-state index is 0.332. The van der Waals surface area contributed by atoms with E-state index in [1.807, 2.05) is 19.3 Å². The van der Waals surface area contributed by atoms with Crippen LogP contribution in [0.1, 0.15) is 37.7 Å². The Morgan fingerprint density at radius 1 is 1.04 bits per heavy atom. The van der Waals surface area contributed by atoms with E-state index in [9.17, 15) is 4.79 Å². The molecular weight excluding hydrogens is 302 g/mol. The summed E-state index contributed by atoms with van der Waals surface area (Å²) in [6.45, 7) is 7.25. The van der Waals surface area contributed by atoms with E-state index in [-0.39, 0.29) is 0 Å². The number of hydrogen-bond acceptors (Lipinski definition) is 5. The number of carbonyl (C=O) groups is 1. The van der Waals surface area contributed by atoms with Gasteiger partial charge in [-0.1, -0.05) is 0 Å². The van der Waals surface area contributed by atoms with Crippen LogP contribution in [0.25, 0.3) is 0 Å². The molecule has 3 aliphatic rings. The molecule has 0 bridgehead atoms. The minimum atomic E-state index is 0.332. The number of aromatic nitrogens is 2. The second kappa shape index (κ2) is 6.67. The van der Waals surface area contributed by atoms with Crippen molar-refractivity contribution in [2.24, 2.45) is 0 Å². The molecular formula is C18H27N5O. The van der Waals surface area contributed by atoms with Crippen LogP contribution in [0.15, 0.2) is 12.4 Å². The van der Waals surface area contributed by atoms with Crippen LogP contribution in [0.2, 0.25) is 0 Å². The Morgan fingerprint density at radius 3 is 2.54 bits per heavy atom. The molecule has 3 aliphatic heterocycles. The fourth-order valence-electron chi connectivity index (χ4n) is 4.48. The number of hydrogen-bond donors (Lipinski definition) is 0. The normalized spacial score (nSPS) is 27.8. The van der Waals surface area contributed by atoms with E-state index in [0.29, 0.717) is 24.4 Å². The zero-order valence-corrected chi connectivity index (χ0v) is 14.5. The van der Waals surface area contributed by atoms with Crippen LogP contribution >= 0.6 is 0 Å². The fourth-order valence-corrected chi connectivity index (χ4v) is 4.48. The molecule has 3 fully saturated rings. The summed E-state index contributed by atoms with van der Waals surface area (Å²) >= 11 is 0. The Hall–Kier alpha value is -1.69. The molecule has 0 aromatic carbocycles. The van der Waals surface area contributed by atoms with E-state index < -0.39 is 0 Å². The predicted octanol–water partition coefficient (Wildman–Crippen LogP) is 1.45. The molecule has 0 aliphatic carbocycles. The average Bonchev–Trinajstić information content (AvgIpc) is 3.24. The van der Waals surface area contributed by atoms with Crippen LogP contribution in [-0.4, -0.2) is 70.5 Å². The molecule has 0 radical (unpaired) electrons. The maximum absolute atomic E-state index is 12.5. The van der Waals surface area contributed by atoms with Gasteiger partial charge >= 0.3 is 0 Å². The van der Waals surface area contributed by atoms with Gasteiger partial charge in [0.05, 0.1) is 12.1 Å². The summed E-state index contributed by atoms with van der Waals surface area (Å²) in [5, 5.41) is 0. The SMILES string of the molecule is Cc1cnc(N2CC[C@@H]3[C@H]2CCC(=O)N3CCN2CCCC2)nc1. The van der Waals surface area contributed by atoms with E-state index in [4.69, 9.17) is 0 Å². The van der Waals surface area contributed by atoms with Gasteiger partial charge in [0.2, 0.25) is 11.9 Å². The van der Waals surface area contributed by atoms with Gasteiger partial charge in [-0.2, -0.15) is 0 Å². The number of aryl methyl sites for hydroxylation is 1. The van der Waals surface area contributed by atoms with Crippen LogP contribution in [0, 0.1) is 6.92 Å². The quantitative estimate of drug-likeness (QED) is 0.837. The zero-order chi connectivity index (χ0) is 16.5. The van der Waals surface area contributed by atoms with Gasteiger partial charge in [-0.05, 0) is 51.3 Å². The van der Waals surface area contributed by atoms with E-state index in [1.165, 1.54) is 25.9 Å². The van der Waals surface area contributed by atoms with Crippen LogP contribution in [0.4, 0.5) is 5.95 Å². The first kappa shape index (κ1) is 15.8. The van der Waals surface area contributed by atoms with Crippen molar-refractivity contribution in [3.63, 3.8) is 0 Å². The van der Waals surface area contributed by atoms with Crippen LogP contribution in [0.3, 0.4) is 0 Å². The van der Waals surface area contributed by atoms with E-state index in [0.717, 1.165) is 44.0 Å². The third kappa shape index (κ3) is 2.99. The van der Waals surface area contributed by atoms with Crippen LogP contribution in [0.5, 0.6) is 0 Å². The van der Waals surface area contributed by atoms with Crippen LogP contribution < -0.4 is 4.90 Å². The maximum Gasteiger partial charge on any atom is 0.225 e. The molecule has 6 heteroatoms. The van der Waals surface area contributed by atoms with Crippen molar-refractivity contribution in [1.82, 2.24) is 19.8 Å². The number of rotatable bonds is 4. The number of anilines is 1. The lowest BCUT2D eigenvalue weighted by molar-refractivity contribution is -0.136. The van der Waals surface area contributed by atoms with Gasteiger partial charge in [0.15, 0.2) is 0 Å². The lowest BCUT2D eigenvalue weighted by Crippen LogP contribution is -2.54. The van der Waals surface area contributed by atoms with Gasteiger partial charge in [-0.15, -0.1) is 0 Å². The molecule has 4 rings (SSSR count). The van der Waals surface area contributed by atoms with Gasteiger partial charge < -0.3 is 14.7 Å². The first-order valence-corrected chi connectivity index (χ1v) is 9.29. The topological polar surface area (TPSA) is 52.6 Å². The number of nitrogens with zero attached hydrogens (tertiary/aromatic N) is 5. The maximum atomic E-state index is 12.5. The molecule has 24 heavy (non-hydrogen) atoms. The highest BCUT2D eigenvalue weighted by Crippen LogP contribution is 2.33. The highest BCUT2D eigenvalue weighted by atomic mass is 16.2. The second-order valence-corrected chi connectivity index (χ2v) is 7.35. The number of fused-ring (bicyclic) bond motifs is 1. The van der Waals surface area contributed by atoms with Crippen molar-refractivity contribution in [1.29, 1.82) is 0 Å². The minimum Gasteiger partial charge on any atom is -0.336 e. The predicted molar refractivity (Wildman–Crippen MR) is 92.9 cm³/mol. The summed E-state index contributed by atoms with van der Waals surface area (Å²) in [5.74, 6) is 1.16. The third-order valence-electron chi connectivity index (χ3n) is 5.76. The van der Waals surface area contributed by atoms with Gasteiger partial charge in [0, 0.05) is 38.4 Å². The summed E-state index contributed by atoms with van der Waals surface area (Å²) in [7, 11) is 0. The van der Waals surface area contributed by atoms with Gasteiger partial charge in [0.1, 0.15) is 0 Å². The Kier molecular flexibility index (Phi) is 4.39. The third-order valence-corrected chi connectivity index (χ3v) is 5.76. The van der Waals surface area contributed by atoms with Gasteiger partial charge in [-0.25, -0.2) is 9.97 Å². The smallest absolute Gasteiger partial charge is 0.225 e. The van der Waals surface area contributed by atoms with E-state index >= 15 is 0 Å². The molecule has 0 unspecified atom stereocenters. The van der Waals surface area contributed by atoms with Crippen molar-refractivity contribution in [2.45, 2.75) is 51.1 Å². The van der Waals surface area contributed by atoms with Crippen molar-refractivity contribution in [3.8, 4) is 0 Å². The highest BCUT2D eigenvalue weighted by molar-refractivity contribution is 5.78. The first-order valence-electron chi connectivity index (χ1n) is 9.29. The molecule has 130 valence electrons. The molecule has 4 heterocycles. The van der Waals surface area contributed by atoms with Crippen molar-refractivity contribution < 1.29 is 4.79 Å². The molecule has 0 N–H and O–H groups in total. The molecule has 2 atom stereocenters. The monoisotopic (exact) mass is 329 g/mol. The van der Waals surface area contributed by atoms with E-state index in [2.05, 4.69) is 24.7 Å². The Morgan fingerprint density at radius 2 is 1.79 bits per heavy atom. The zero-order valence-electron chi connectivity index (χ0n) is 14.5. The van der Waals surface area contributed by atoms with Crippen LogP contribution in [-0.2, 0) is 4.79 Å². The van der Waals surface area contributed by atoms with Crippen molar-refractivity contribution in [2.75, 3.05) is 37.6 Å². The largest absolute Gasteiger partial charge is 0.336 e. The van der Waals surface area contributed by atoms with Crippen molar-refractivity contribution >= 4 is 11.9 Å². The second-order valence-electron chi connectivity index (χ2n) is 7.35. The molecule has 3 saturated heterocycles. The molecule has 0 saturated carbocycles. The summed E-state index contributed by atoms with van der Waals surface area (Å²) < 4.78 is 0. The molecule has 0 spiro atoms. The molecule has 1 amide bonds. The highest BCUT2D eigenvalue weighted by Gasteiger charge is 2.43. The number of piperidine rings is 1.